The Hall–Kier alpha value is -2.37. The van der Waals surface area contributed by atoms with Crippen LogP contribution in [-0.2, 0) is 11.3 Å². The van der Waals surface area contributed by atoms with E-state index >= 15 is 0 Å². The van der Waals surface area contributed by atoms with Crippen LogP contribution < -0.4 is 0 Å². The number of carbonyl (C=O) groups is 1. The van der Waals surface area contributed by atoms with Crippen molar-refractivity contribution in [2.24, 2.45) is 0 Å². The minimum atomic E-state index is -0.541. The number of hydrogen-bond donors (Lipinski definition) is 1. The van der Waals surface area contributed by atoms with E-state index in [0.29, 0.717) is 11.3 Å². The molecule has 2 aromatic heterocycles. The third-order valence-electron chi connectivity index (χ3n) is 3.43. The van der Waals surface area contributed by atoms with Crippen molar-refractivity contribution in [3.8, 4) is 11.3 Å². The molecule has 0 bridgehead atoms. The Labute approximate surface area is 129 Å². The van der Waals surface area contributed by atoms with Crippen molar-refractivity contribution in [2.45, 2.75) is 32.9 Å². The molecule has 0 saturated heterocycles. The maximum Gasteiger partial charge on any atom is 0.410 e. The lowest BCUT2D eigenvalue weighted by molar-refractivity contribution is 0.0760. The molecule has 0 atom stereocenters. The number of hydrogen-bond acceptors (Lipinski definition) is 3. The average molecular weight is 305 g/mol. The van der Waals surface area contributed by atoms with Gasteiger partial charge in [0, 0.05) is 30.5 Å². The second kappa shape index (κ2) is 6.17. The average Bonchev–Trinajstić information content (AvgIpc) is 2.92. The van der Waals surface area contributed by atoms with Gasteiger partial charge in [-0.1, -0.05) is 0 Å². The molecule has 5 nitrogen and oxygen atoms in total. The summed E-state index contributed by atoms with van der Waals surface area (Å²) in [5.41, 5.74) is 1.43. The Morgan fingerprint density at radius 2 is 2.18 bits per heavy atom. The van der Waals surface area contributed by atoms with Crippen LogP contribution in [0.3, 0.4) is 0 Å². The number of aromatic amines is 1. The predicted octanol–water partition coefficient (Wildman–Crippen LogP) is 3.58. The number of aromatic nitrogens is 2. The molecule has 0 saturated carbocycles. The lowest BCUT2D eigenvalue weighted by Crippen LogP contribution is -2.42. The SMILES string of the molecule is CN(C(=O)OCc1c[nH]c(-c2cccnc2F)c1)C(C)(C)C. The molecule has 0 unspecified atom stereocenters. The minimum Gasteiger partial charge on any atom is -0.444 e. The molecule has 0 aliphatic carbocycles. The molecule has 1 amide bonds. The van der Waals surface area contributed by atoms with Crippen LogP contribution in [0.4, 0.5) is 9.18 Å². The highest BCUT2D eigenvalue weighted by atomic mass is 19.1. The van der Waals surface area contributed by atoms with Gasteiger partial charge in [0.15, 0.2) is 0 Å². The lowest BCUT2D eigenvalue weighted by Gasteiger charge is -2.30. The van der Waals surface area contributed by atoms with Gasteiger partial charge in [0.2, 0.25) is 5.95 Å². The molecule has 22 heavy (non-hydrogen) atoms. The van der Waals surface area contributed by atoms with Crippen LogP contribution >= 0.6 is 0 Å². The number of carbonyl (C=O) groups excluding carboxylic acids is 1. The van der Waals surface area contributed by atoms with Gasteiger partial charge in [-0.15, -0.1) is 0 Å². The number of pyridine rings is 1. The second-order valence-corrected chi connectivity index (χ2v) is 6.05. The van der Waals surface area contributed by atoms with E-state index in [1.807, 2.05) is 20.8 Å². The maximum absolute atomic E-state index is 13.6. The topological polar surface area (TPSA) is 58.2 Å². The molecule has 0 radical (unpaired) electrons. The highest BCUT2D eigenvalue weighted by Gasteiger charge is 2.23. The smallest absolute Gasteiger partial charge is 0.410 e. The fourth-order valence-corrected chi connectivity index (χ4v) is 1.78. The standard InChI is InChI=1S/C16H20FN3O2/c1-16(2,3)20(4)15(21)22-10-11-8-13(19-9-11)12-6-5-7-18-14(12)17/h5-9,19H,10H2,1-4H3. The van der Waals surface area contributed by atoms with Crippen LogP contribution in [-0.4, -0.2) is 33.5 Å². The maximum atomic E-state index is 13.6. The minimum absolute atomic E-state index is 0.123. The van der Waals surface area contributed by atoms with Crippen LogP contribution in [0.5, 0.6) is 0 Å². The molecule has 0 fully saturated rings. The van der Waals surface area contributed by atoms with Crippen molar-refractivity contribution in [1.29, 1.82) is 0 Å². The summed E-state index contributed by atoms with van der Waals surface area (Å²) in [6.07, 6.45) is 2.68. The van der Waals surface area contributed by atoms with Gasteiger partial charge in [-0.05, 0) is 39.0 Å². The van der Waals surface area contributed by atoms with Crippen molar-refractivity contribution in [3.05, 3.63) is 42.1 Å². The van der Waals surface area contributed by atoms with Gasteiger partial charge >= 0.3 is 6.09 Å². The van der Waals surface area contributed by atoms with E-state index in [2.05, 4.69) is 9.97 Å². The molecular formula is C16H20FN3O2. The van der Waals surface area contributed by atoms with E-state index in [9.17, 15) is 9.18 Å². The molecule has 0 aliphatic heterocycles. The number of nitrogens with zero attached hydrogens (tertiary/aromatic N) is 2. The summed E-state index contributed by atoms with van der Waals surface area (Å²) in [7, 11) is 1.69. The zero-order chi connectivity index (χ0) is 16.3. The predicted molar refractivity (Wildman–Crippen MR) is 81.7 cm³/mol. The van der Waals surface area contributed by atoms with Gasteiger partial charge in [0.1, 0.15) is 6.61 Å². The highest BCUT2D eigenvalue weighted by Crippen LogP contribution is 2.21. The zero-order valence-electron chi connectivity index (χ0n) is 13.2. The van der Waals surface area contributed by atoms with E-state index in [1.165, 1.54) is 11.1 Å². The molecule has 2 heterocycles. The van der Waals surface area contributed by atoms with E-state index in [1.54, 1.807) is 31.4 Å². The summed E-state index contributed by atoms with van der Waals surface area (Å²) < 4.78 is 18.9. The first-order chi connectivity index (χ1) is 10.3. The number of halogens is 1. The van der Waals surface area contributed by atoms with E-state index in [-0.39, 0.29) is 12.1 Å². The molecule has 2 rings (SSSR count). The molecule has 1 N–H and O–H groups in total. The van der Waals surface area contributed by atoms with Crippen molar-refractivity contribution in [1.82, 2.24) is 14.9 Å². The number of rotatable bonds is 3. The normalized spacial score (nSPS) is 11.3. The van der Waals surface area contributed by atoms with Crippen molar-refractivity contribution in [3.63, 3.8) is 0 Å². The van der Waals surface area contributed by atoms with E-state index < -0.39 is 12.0 Å². The fraction of sp³-hybridized carbons (Fsp3) is 0.375. The molecule has 6 heteroatoms. The van der Waals surface area contributed by atoms with Gasteiger partial charge in [-0.3, -0.25) is 0 Å². The van der Waals surface area contributed by atoms with Crippen LogP contribution in [0.25, 0.3) is 11.3 Å². The lowest BCUT2D eigenvalue weighted by atomic mass is 10.1. The molecule has 118 valence electrons. The quantitative estimate of drug-likeness (QED) is 0.882. The first kappa shape index (κ1) is 16.0. The Kier molecular flexibility index (Phi) is 4.49. The Morgan fingerprint density at radius 1 is 1.45 bits per heavy atom. The highest BCUT2D eigenvalue weighted by molar-refractivity contribution is 5.68. The van der Waals surface area contributed by atoms with Gasteiger partial charge in [-0.25, -0.2) is 9.78 Å². The number of amides is 1. The van der Waals surface area contributed by atoms with Crippen molar-refractivity contribution < 1.29 is 13.9 Å². The number of nitrogens with one attached hydrogen (secondary N) is 1. The largest absolute Gasteiger partial charge is 0.444 e. The summed E-state index contributed by atoms with van der Waals surface area (Å²) in [5.74, 6) is -0.541. The van der Waals surface area contributed by atoms with Gasteiger partial charge in [-0.2, -0.15) is 4.39 Å². The zero-order valence-corrected chi connectivity index (χ0v) is 13.2. The van der Waals surface area contributed by atoms with Crippen molar-refractivity contribution >= 4 is 6.09 Å². The summed E-state index contributed by atoms with van der Waals surface area (Å²) in [4.78, 5) is 20.0. The summed E-state index contributed by atoms with van der Waals surface area (Å²) in [6, 6.07) is 5.04. The third-order valence-corrected chi connectivity index (χ3v) is 3.43. The van der Waals surface area contributed by atoms with Crippen LogP contribution in [0, 0.1) is 5.95 Å². The van der Waals surface area contributed by atoms with Crippen LogP contribution in [0.2, 0.25) is 0 Å². The third kappa shape index (κ3) is 3.63. The second-order valence-electron chi connectivity index (χ2n) is 6.05. The monoisotopic (exact) mass is 305 g/mol. The fourth-order valence-electron chi connectivity index (χ4n) is 1.78. The Morgan fingerprint density at radius 3 is 2.82 bits per heavy atom. The molecule has 0 aromatic carbocycles. The first-order valence-electron chi connectivity index (χ1n) is 6.98. The molecular weight excluding hydrogens is 285 g/mol. The summed E-state index contributed by atoms with van der Waals surface area (Å²) in [6.45, 7) is 5.90. The van der Waals surface area contributed by atoms with Gasteiger partial charge in [0.25, 0.3) is 0 Å². The Balaban J connectivity index is 2.02. The van der Waals surface area contributed by atoms with Crippen LogP contribution in [0.1, 0.15) is 26.3 Å². The molecule has 2 aromatic rings. The van der Waals surface area contributed by atoms with E-state index in [4.69, 9.17) is 4.74 Å². The molecule has 0 spiro atoms. The summed E-state index contributed by atoms with van der Waals surface area (Å²) >= 11 is 0. The number of H-pyrrole nitrogens is 1. The van der Waals surface area contributed by atoms with Gasteiger partial charge in [0.05, 0.1) is 11.3 Å². The first-order valence-corrected chi connectivity index (χ1v) is 6.98. The number of ether oxygens (including phenoxy) is 1. The van der Waals surface area contributed by atoms with E-state index in [0.717, 1.165) is 5.56 Å². The van der Waals surface area contributed by atoms with Crippen LogP contribution in [0.15, 0.2) is 30.6 Å². The Bertz CT molecular complexity index is 661. The van der Waals surface area contributed by atoms with Gasteiger partial charge < -0.3 is 14.6 Å². The molecule has 0 aliphatic rings. The summed E-state index contributed by atoms with van der Waals surface area (Å²) in [5, 5.41) is 0. The van der Waals surface area contributed by atoms with Crippen molar-refractivity contribution in [2.75, 3.05) is 7.05 Å².